The van der Waals surface area contributed by atoms with Crippen molar-refractivity contribution in [2.75, 3.05) is 13.1 Å². The number of hydrogen-bond donors (Lipinski definition) is 2. The van der Waals surface area contributed by atoms with Crippen molar-refractivity contribution in [1.82, 2.24) is 5.32 Å². The van der Waals surface area contributed by atoms with Gasteiger partial charge < -0.3 is 15.5 Å². The smallest absolute Gasteiger partial charge is 0.146 e. The molecule has 1 atom stereocenters. The molecule has 0 radical (unpaired) electrons. The van der Waals surface area contributed by atoms with E-state index in [-0.39, 0.29) is 5.60 Å². The zero-order chi connectivity index (χ0) is 10.3. The summed E-state index contributed by atoms with van der Waals surface area (Å²) in [7, 11) is 0.820. The Kier molecular flexibility index (Phi) is 6.58. The molecule has 80 valence electrons. The first kappa shape index (κ1) is 13.1. The quantitative estimate of drug-likeness (QED) is 0.564. The minimum absolute atomic E-state index is 0.0604. The summed E-state index contributed by atoms with van der Waals surface area (Å²) in [5, 5.41) is 3.36. The van der Waals surface area contributed by atoms with Gasteiger partial charge >= 0.3 is 0 Å². The van der Waals surface area contributed by atoms with Gasteiger partial charge in [0, 0.05) is 24.7 Å². The summed E-state index contributed by atoms with van der Waals surface area (Å²) in [4.78, 5) is 0. The molecule has 0 fully saturated rings. The van der Waals surface area contributed by atoms with E-state index in [1.54, 1.807) is 0 Å². The van der Waals surface area contributed by atoms with Crippen molar-refractivity contribution >= 4 is 10.5 Å². The van der Waals surface area contributed by atoms with Crippen LogP contribution in [0.5, 0.6) is 0 Å². The summed E-state index contributed by atoms with van der Waals surface area (Å²) in [6.45, 7) is 8.11. The van der Waals surface area contributed by atoms with Gasteiger partial charge in [0.2, 0.25) is 0 Å². The van der Waals surface area contributed by atoms with Crippen LogP contribution < -0.4 is 11.1 Å². The van der Waals surface area contributed by atoms with Gasteiger partial charge in [-0.3, -0.25) is 0 Å². The van der Waals surface area contributed by atoms with Gasteiger partial charge in [-0.2, -0.15) is 0 Å². The van der Waals surface area contributed by atoms with Crippen molar-refractivity contribution in [3.05, 3.63) is 0 Å². The van der Waals surface area contributed by atoms with E-state index in [1.807, 2.05) is 0 Å². The van der Waals surface area contributed by atoms with E-state index in [0.29, 0.717) is 12.6 Å². The van der Waals surface area contributed by atoms with Crippen LogP contribution in [0.1, 0.15) is 33.6 Å². The summed E-state index contributed by atoms with van der Waals surface area (Å²) in [5.74, 6) is 0. The third-order valence-electron chi connectivity index (χ3n) is 2.37. The maximum Gasteiger partial charge on any atom is 0.146 e. The third kappa shape index (κ3) is 7.19. The first-order chi connectivity index (χ1) is 6.02. The highest BCUT2D eigenvalue weighted by Crippen LogP contribution is 2.15. The fourth-order valence-electron chi connectivity index (χ4n) is 1.10. The standard InChI is InChI=1S/C9H24N2OSi/c1-8(11-7-6-10)4-5-9(2,3)12-13/h8,11H,4-7,10H2,1-3,13H3. The third-order valence-corrected chi connectivity index (χ3v) is 3.47. The van der Waals surface area contributed by atoms with Crippen LogP contribution in [-0.4, -0.2) is 35.2 Å². The van der Waals surface area contributed by atoms with Gasteiger partial charge in [0.1, 0.15) is 10.5 Å². The summed E-state index contributed by atoms with van der Waals surface area (Å²) in [6, 6.07) is 0.541. The van der Waals surface area contributed by atoms with Crippen molar-refractivity contribution in [1.29, 1.82) is 0 Å². The molecule has 0 aromatic heterocycles. The molecule has 0 aromatic rings. The summed E-state index contributed by atoms with van der Waals surface area (Å²) in [5.41, 5.74) is 5.46. The van der Waals surface area contributed by atoms with E-state index in [2.05, 4.69) is 26.1 Å². The maximum absolute atomic E-state index is 5.48. The molecule has 1 unspecified atom stereocenters. The summed E-state index contributed by atoms with van der Waals surface area (Å²) >= 11 is 0. The van der Waals surface area contributed by atoms with Gasteiger partial charge in [-0.05, 0) is 33.6 Å². The van der Waals surface area contributed by atoms with E-state index in [0.717, 1.165) is 29.9 Å². The lowest BCUT2D eigenvalue weighted by Crippen LogP contribution is -2.33. The Balaban J connectivity index is 3.51. The lowest BCUT2D eigenvalue weighted by atomic mass is 10.00. The van der Waals surface area contributed by atoms with E-state index in [1.165, 1.54) is 0 Å². The Bertz CT molecular complexity index is 131. The molecule has 0 saturated carbocycles. The highest BCUT2D eigenvalue weighted by atomic mass is 28.2. The minimum Gasteiger partial charge on any atom is -0.423 e. The van der Waals surface area contributed by atoms with E-state index >= 15 is 0 Å². The average molecular weight is 204 g/mol. The molecule has 4 heteroatoms. The molecular formula is C9H24N2OSi. The fourth-order valence-corrected chi connectivity index (χ4v) is 1.30. The van der Waals surface area contributed by atoms with Crippen LogP contribution in [-0.2, 0) is 4.43 Å². The van der Waals surface area contributed by atoms with Gasteiger partial charge in [0.15, 0.2) is 0 Å². The molecule has 0 rings (SSSR count). The van der Waals surface area contributed by atoms with Crippen LogP contribution in [0, 0.1) is 0 Å². The number of nitrogens with one attached hydrogen (secondary N) is 1. The van der Waals surface area contributed by atoms with E-state index in [9.17, 15) is 0 Å². The Morgan fingerprint density at radius 1 is 1.54 bits per heavy atom. The van der Waals surface area contributed by atoms with Crippen LogP contribution >= 0.6 is 0 Å². The molecular weight excluding hydrogens is 180 g/mol. The fraction of sp³-hybridized carbons (Fsp3) is 1.00. The number of nitrogens with two attached hydrogens (primary N) is 1. The van der Waals surface area contributed by atoms with Crippen molar-refractivity contribution < 1.29 is 4.43 Å². The van der Waals surface area contributed by atoms with Crippen LogP contribution in [0.2, 0.25) is 0 Å². The Morgan fingerprint density at radius 2 is 2.15 bits per heavy atom. The van der Waals surface area contributed by atoms with Gasteiger partial charge in [0.05, 0.1) is 0 Å². The van der Waals surface area contributed by atoms with Gasteiger partial charge in [-0.15, -0.1) is 0 Å². The van der Waals surface area contributed by atoms with E-state index < -0.39 is 0 Å². The average Bonchev–Trinajstić information content (AvgIpc) is 2.11. The van der Waals surface area contributed by atoms with Gasteiger partial charge in [0.25, 0.3) is 0 Å². The molecule has 0 saturated heterocycles. The zero-order valence-electron chi connectivity index (χ0n) is 9.39. The van der Waals surface area contributed by atoms with Crippen LogP contribution in [0.4, 0.5) is 0 Å². The zero-order valence-corrected chi connectivity index (χ0v) is 11.4. The van der Waals surface area contributed by atoms with Gasteiger partial charge in [-0.25, -0.2) is 0 Å². The number of hydrogen-bond acceptors (Lipinski definition) is 3. The largest absolute Gasteiger partial charge is 0.423 e. The molecule has 0 heterocycles. The molecule has 0 aliphatic carbocycles. The van der Waals surface area contributed by atoms with Crippen LogP contribution in [0.3, 0.4) is 0 Å². The molecule has 0 amide bonds. The molecule has 0 spiro atoms. The molecule has 0 aliphatic heterocycles. The predicted molar refractivity (Wildman–Crippen MR) is 60.9 cm³/mol. The molecule has 3 nitrogen and oxygen atoms in total. The molecule has 0 aliphatic rings. The highest BCUT2D eigenvalue weighted by Gasteiger charge is 2.16. The summed E-state index contributed by atoms with van der Waals surface area (Å²) < 4.78 is 5.48. The SMILES string of the molecule is CC(CCC(C)(C)O[SiH3])NCCN. The molecule has 13 heavy (non-hydrogen) atoms. The van der Waals surface area contributed by atoms with Crippen molar-refractivity contribution in [2.45, 2.75) is 45.3 Å². The molecule has 0 bridgehead atoms. The van der Waals surface area contributed by atoms with Crippen molar-refractivity contribution in [3.63, 3.8) is 0 Å². The second-order valence-corrected chi connectivity index (χ2v) is 4.55. The van der Waals surface area contributed by atoms with Crippen molar-refractivity contribution in [3.8, 4) is 0 Å². The van der Waals surface area contributed by atoms with Crippen LogP contribution in [0.15, 0.2) is 0 Å². The van der Waals surface area contributed by atoms with Crippen molar-refractivity contribution in [2.24, 2.45) is 5.73 Å². The van der Waals surface area contributed by atoms with Crippen LogP contribution in [0.25, 0.3) is 0 Å². The Hall–Kier alpha value is 0.0969. The highest BCUT2D eigenvalue weighted by molar-refractivity contribution is 5.98. The lowest BCUT2D eigenvalue weighted by molar-refractivity contribution is 0.107. The first-order valence-corrected chi connectivity index (χ1v) is 5.82. The first-order valence-electron chi connectivity index (χ1n) is 5.00. The monoisotopic (exact) mass is 204 g/mol. The topological polar surface area (TPSA) is 47.3 Å². The maximum atomic E-state index is 5.48. The predicted octanol–water partition coefficient (Wildman–Crippen LogP) is -0.221. The normalized spacial score (nSPS) is 14.8. The number of rotatable bonds is 7. The molecule has 3 N–H and O–H groups in total. The Labute approximate surface area is 85.0 Å². The second kappa shape index (κ2) is 6.54. The molecule has 0 aromatic carbocycles. The van der Waals surface area contributed by atoms with Gasteiger partial charge in [-0.1, -0.05) is 0 Å². The van der Waals surface area contributed by atoms with E-state index in [4.69, 9.17) is 10.2 Å². The minimum atomic E-state index is 0.0604. The Morgan fingerprint density at radius 3 is 2.62 bits per heavy atom. The summed E-state index contributed by atoms with van der Waals surface area (Å²) in [6.07, 6.45) is 2.25. The lowest BCUT2D eigenvalue weighted by Gasteiger charge is -2.25. The second-order valence-electron chi connectivity index (χ2n) is 4.15.